The van der Waals surface area contributed by atoms with Crippen molar-refractivity contribution in [2.75, 3.05) is 11.9 Å². The first-order valence-electron chi connectivity index (χ1n) is 6.21. The van der Waals surface area contributed by atoms with Crippen LogP contribution in [-0.4, -0.2) is 29.2 Å². The van der Waals surface area contributed by atoms with Gasteiger partial charge in [0, 0.05) is 13.2 Å². The van der Waals surface area contributed by atoms with Crippen molar-refractivity contribution in [1.82, 2.24) is 4.98 Å². The minimum Gasteiger partial charge on any atom is -0.478 e. The number of ether oxygens (including phenoxy) is 1. The van der Waals surface area contributed by atoms with Crippen molar-refractivity contribution >= 4 is 17.9 Å². The number of carbonyl (C=O) groups is 2. The van der Waals surface area contributed by atoms with E-state index in [0.29, 0.717) is 5.82 Å². The molecule has 0 spiro atoms. The minimum atomic E-state index is -1.07. The summed E-state index contributed by atoms with van der Waals surface area (Å²) >= 11 is 0. The van der Waals surface area contributed by atoms with Crippen molar-refractivity contribution in [3.63, 3.8) is 0 Å². The molecule has 0 unspecified atom stereocenters. The summed E-state index contributed by atoms with van der Waals surface area (Å²) in [5.41, 5.74) is 0.943. The molecular formula is C15H14N2O4. The number of pyridine rings is 1. The fraction of sp³-hybridized carbons (Fsp3) is 0.133. The van der Waals surface area contributed by atoms with Gasteiger partial charge < -0.3 is 9.84 Å². The lowest BCUT2D eigenvalue weighted by molar-refractivity contribution is 0.0696. The average Bonchev–Trinajstić information content (AvgIpc) is 2.53. The lowest BCUT2D eigenvalue weighted by Gasteiger charge is -2.16. The van der Waals surface area contributed by atoms with E-state index in [0.717, 1.165) is 5.56 Å². The van der Waals surface area contributed by atoms with E-state index in [-0.39, 0.29) is 12.2 Å². The van der Waals surface area contributed by atoms with Crippen molar-refractivity contribution in [2.45, 2.75) is 6.61 Å². The van der Waals surface area contributed by atoms with Crippen LogP contribution in [-0.2, 0) is 11.3 Å². The molecule has 6 heteroatoms. The van der Waals surface area contributed by atoms with Crippen LogP contribution < -0.4 is 4.90 Å². The largest absolute Gasteiger partial charge is 0.478 e. The number of aromatic carboxylic acids is 1. The third kappa shape index (κ3) is 3.79. The highest BCUT2D eigenvalue weighted by Crippen LogP contribution is 2.12. The number of hydrogen-bond donors (Lipinski definition) is 1. The van der Waals surface area contributed by atoms with Crippen LogP contribution in [0.4, 0.5) is 10.6 Å². The Kier molecular flexibility index (Phi) is 4.50. The molecule has 0 saturated carbocycles. The standard InChI is InChI=1S/C15H14N2O4/c1-17(13-8-7-12(9-16-13)14(18)19)15(20)21-10-11-5-3-2-4-6-11/h2-9H,10H2,1H3,(H,18,19). The van der Waals surface area contributed by atoms with Gasteiger partial charge in [-0.15, -0.1) is 0 Å². The van der Waals surface area contributed by atoms with Gasteiger partial charge in [-0.1, -0.05) is 30.3 Å². The van der Waals surface area contributed by atoms with E-state index >= 15 is 0 Å². The first-order valence-corrected chi connectivity index (χ1v) is 6.21. The van der Waals surface area contributed by atoms with Gasteiger partial charge >= 0.3 is 12.1 Å². The Balaban J connectivity index is 1.97. The van der Waals surface area contributed by atoms with Gasteiger partial charge in [0.25, 0.3) is 0 Å². The number of carboxylic acid groups (broad SMARTS) is 1. The molecule has 108 valence electrons. The summed E-state index contributed by atoms with van der Waals surface area (Å²) in [5, 5.41) is 8.79. The molecule has 1 amide bonds. The Morgan fingerprint density at radius 2 is 1.90 bits per heavy atom. The maximum absolute atomic E-state index is 11.9. The zero-order chi connectivity index (χ0) is 15.2. The molecule has 1 N–H and O–H groups in total. The first-order chi connectivity index (χ1) is 10.1. The summed E-state index contributed by atoms with van der Waals surface area (Å²) in [5.74, 6) is -0.749. The van der Waals surface area contributed by atoms with Gasteiger partial charge in [0.15, 0.2) is 0 Å². The van der Waals surface area contributed by atoms with Crippen molar-refractivity contribution < 1.29 is 19.4 Å². The van der Waals surface area contributed by atoms with Gasteiger partial charge in [0.1, 0.15) is 12.4 Å². The van der Waals surface area contributed by atoms with Gasteiger partial charge in [-0.25, -0.2) is 14.6 Å². The number of rotatable bonds is 4. The summed E-state index contributed by atoms with van der Waals surface area (Å²) < 4.78 is 5.15. The number of nitrogens with zero attached hydrogens (tertiary/aromatic N) is 2. The summed E-state index contributed by atoms with van der Waals surface area (Å²) in [6.45, 7) is 0.164. The molecule has 0 fully saturated rings. The Bertz CT molecular complexity index is 626. The summed E-state index contributed by atoms with van der Waals surface area (Å²) in [4.78, 5) is 27.8. The molecule has 0 aliphatic carbocycles. The lowest BCUT2D eigenvalue weighted by Crippen LogP contribution is -2.27. The maximum Gasteiger partial charge on any atom is 0.415 e. The third-order valence-electron chi connectivity index (χ3n) is 2.82. The van der Waals surface area contributed by atoms with Crippen LogP contribution >= 0.6 is 0 Å². The zero-order valence-electron chi connectivity index (χ0n) is 11.4. The van der Waals surface area contributed by atoms with Crippen LogP contribution in [0, 0.1) is 0 Å². The molecule has 2 aromatic rings. The summed E-state index contributed by atoms with van der Waals surface area (Å²) in [6, 6.07) is 12.1. The zero-order valence-corrected chi connectivity index (χ0v) is 11.4. The van der Waals surface area contributed by atoms with Crippen molar-refractivity contribution in [2.24, 2.45) is 0 Å². The second-order valence-electron chi connectivity index (χ2n) is 4.31. The number of carboxylic acids is 1. The Morgan fingerprint density at radius 3 is 2.48 bits per heavy atom. The molecule has 21 heavy (non-hydrogen) atoms. The lowest BCUT2D eigenvalue weighted by atomic mass is 10.2. The molecule has 2 rings (SSSR count). The maximum atomic E-state index is 11.9. The van der Waals surface area contributed by atoms with E-state index in [1.54, 1.807) is 0 Å². The Morgan fingerprint density at radius 1 is 1.19 bits per heavy atom. The molecule has 0 aliphatic rings. The molecular weight excluding hydrogens is 272 g/mol. The molecule has 0 atom stereocenters. The number of amides is 1. The van der Waals surface area contributed by atoms with Crippen LogP contribution in [0.1, 0.15) is 15.9 Å². The van der Waals surface area contributed by atoms with Crippen LogP contribution in [0.2, 0.25) is 0 Å². The average molecular weight is 286 g/mol. The van der Waals surface area contributed by atoms with E-state index in [1.807, 2.05) is 30.3 Å². The molecule has 1 heterocycles. The topological polar surface area (TPSA) is 79.7 Å². The molecule has 0 radical (unpaired) electrons. The highest BCUT2D eigenvalue weighted by molar-refractivity contribution is 5.89. The van der Waals surface area contributed by atoms with E-state index in [4.69, 9.17) is 9.84 Å². The monoisotopic (exact) mass is 286 g/mol. The third-order valence-corrected chi connectivity index (χ3v) is 2.82. The molecule has 0 saturated heterocycles. The second-order valence-corrected chi connectivity index (χ2v) is 4.31. The number of aromatic nitrogens is 1. The van der Waals surface area contributed by atoms with Gasteiger partial charge in [0.05, 0.1) is 5.56 Å². The molecule has 0 bridgehead atoms. The second kappa shape index (κ2) is 6.51. The van der Waals surface area contributed by atoms with E-state index in [1.165, 1.54) is 30.3 Å². The van der Waals surface area contributed by atoms with Crippen molar-refractivity contribution in [1.29, 1.82) is 0 Å². The molecule has 1 aromatic carbocycles. The number of hydrogen-bond acceptors (Lipinski definition) is 4. The van der Waals surface area contributed by atoms with Crippen molar-refractivity contribution in [3.8, 4) is 0 Å². The van der Waals surface area contributed by atoms with Gasteiger partial charge in [-0.05, 0) is 17.7 Å². The number of carbonyl (C=O) groups excluding carboxylic acids is 1. The smallest absolute Gasteiger partial charge is 0.415 e. The van der Waals surface area contributed by atoms with Crippen LogP contribution in [0.15, 0.2) is 48.7 Å². The van der Waals surface area contributed by atoms with E-state index in [9.17, 15) is 9.59 Å². The SMILES string of the molecule is CN(C(=O)OCc1ccccc1)c1ccc(C(=O)O)cn1. The molecule has 0 aliphatic heterocycles. The Labute approximate surface area is 121 Å². The molecule has 1 aromatic heterocycles. The fourth-order valence-electron chi connectivity index (χ4n) is 1.62. The quantitative estimate of drug-likeness (QED) is 0.934. The highest BCUT2D eigenvalue weighted by Gasteiger charge is 2.14. The normalized spacial score (nSPS) is 9.95. The van der Waals surface area contributed by atoms with Crippen LogP contribution in [0.5, 0.6) is 0 Å². The fourth-order valence-corrected chi connectivity index (χ4v) is 1.62. The van der Waals surface area contributed by atoms with Crippen molar-refractivity contribution in [3.05, 3.63) is 59.8 Å². The summed E-state index contributed by atoms with van der Waals surface area (Å²) in [7, 11) is 1.51. The Hall–Kier alpha value is -2.89. The van der Waals surface area contributed by atoms with Crippen LogP contribution in [0.25, 0.3) is 0 Å². The van der Waals surface area contributed by atoms with Crippen LogP contribution in [0.3, 0.4) is 0 Å². The van der Waals surface area contributed by atoms with E-state index in [2.05, 4.69) is 4.98 Å². The van der Waals surface area contributed by atoms with Gasteiger partial charge in [-0.2, -0.15) is 0 Å². The predicted octanol–water partition coefficient (Wildman–Crippen LogP) is 2.55. The minimum absolute atomic E-state index is 0.0600. The number of anilines is 1. The van der Waals surface area contributed by atoms with Gasteiger partial charge in [0.2, 0.25) is 0 Å². The van der Waals surface area contributed by atoms with E-state index < -0.39 is 12.1 Å². The predicted molar refractivity (Wildman–Crippen MR) is 76.2 cm³/mol. The summed E-state index contributed by atoms with van der Waals surface area (Å²) in [6.07, 6.45) is 0.632. The molecule has 6 nitrogen and oxygen atoms in total. The highest BCUT2D eigenvalue weighted by atomic mass is 16.6. The first kappa shape index (κ1) is 14.5. The number of benzene rings is 1. The van der Waals surface area contributed by atoms with Gasteiger partial charge in [-0.3, -0.25) is 4.90 Å².